The van der Waals surface area contributed by atoms with Gasteiger partial charge in [-0.05, 0) is 24.7 Å². The first-order chi connectivity index (χ1) is 7.31. The summed E-state index contributed by atoms with van der Waals surface area (Å²) in [6.45, 7) is 5.02. The zero-order valence-corrected chi connectivity index (χ0v) is 10.0. The van der Waals surface area contributed by atoms with E-state index in [9.17, 15) is 15.0 Å². The first-order valence-corrected chi connectivity index (χ1v) is 5.98. The van der Waals surface area contributed by atoms with Crippen LogP contribution in [0.1, 0.15) is 39.5 Å². The Morgan fingerprint density at radius 3 is 2.25 bits per heavy atom. The van der Waals surface area contributed by atoms with Crippen molar-refractivity contribution in [1.29, 1.82) is 0 Å². The van der Waals surface area contributed by atoms with Crippen LogP contribution < -0.4 is 5.32 Å². The number of carboxylic acid groups (broad SMARTS) is 1. The Morgan fingerprint density at radius 2 is 1.88 bits per heavy atom. The molecule has 1 atom stereocenters. The number of aliphatic carboxylic acids is 1. The third-order valence-electron chi connectivity index (χ3n) is 4.37. The smallest absolute Gasteiger partial charge is 0.315 e. The number of hydrogen-bond donors (Lipinski definition) is 3. The molecule has 2 rings (SSSR count). The second-order valence-electron chi connectivity index (χ2n) is 6.22. The van der Waals surface area contributed by atoms with Crippen LogP contribution >= 0.6 is 0 Å². The average molecular weight is 227 g/mol. The van der Waals surface area contributed by atoms with Crippen LogP contribution in [0.3, 0.4) is 0 Å². The summed E-state index contributed by atoms with van der Waals surface area (Å²) in [5.74, 6) is -0.855. The molecule has 1 heterocycles. The van der Waals surface area contributed by atoms with Crippen LogP contribution in [0.5, 0.6) is 0 Å². The number of carboxylic acids is 1. The van der Waals surface area contributed by atoms with Crippen molar-refractivity contribution in [3.05, 3.63) is 0 Å². The zero-order valence-electron chi connectivity index (χ0n) is 10.0. The van der Waals surface area contributed by atoms with Crippen molar-refractivity contribution in [3.8, 4) is 0 Å². The Hall–Kier alpha value is -0.610. The molecule has 0 amide bonds. The van der Waals surface area contributed by atoms with Gasteiger partial charge in [-0.25, -0.2) is 0 Å². The summed E-state index contributed by atoms with van der Waals surface area (Å²) in [4.78, 5) is 11.4. The molecular formula is C12H21NO3. The Kier molecular flexibility index (Phi) is 2.55. The van der Waals surface area contributed by atoms with Crippen molar-refractivity contribution in [3.63, 3.8) is 0 Å². The highest BCUT2D eigenvalue weighted by atomic mass is 16.4. The predicted molar refractivity (Wildman–Crippen MR) is 60.1 cm³/mol. The van der Waals surface area contributed by atoms with Gasteiger partial charge >= 0.3 is 5.97 Å². The van der Waals surface area contributed by atoms with E-state index in [1.54, 1.807) is 0 Å². The third-order valence-corrected chi connectivity index (χ3v) is 4.37. The SMILES string of the molecule is CC1(C)CCCC(O)(C2(C(=O)O)CNC2)C1. The second kappa shape index (κ2) is 3.44. The lowest BCUT2D eigenvalue weighted by Crippen LogP contribution is -2.71. The van der Waals surface area contributed by atoms with Gasteiger partial charge < -0.3 is 15.5 Å². The second-order valence-corrected chi connectivity index (χ2v) is 6.22. The van der Waals surface area contributed by atoms with E-state index in [4.69, 9.17) is 0 Å². The fourth-order valence-electron chi connectivity index (χ4n) is 3.29. The molecule has 0 aromatic heterocycles. The molecule has 3 N–H and O–H groups in total. The molecule has 4 heteroatoms. The van der Waals surface area contributed by atoms with Crippen LogP contribution in [-0.4, -0.2) is 34.9 Å². The van der Waals surface area contributed by atoms with Crippen LogP contribution in [0.25, 0.3) is 0 Å². The lowest BCUT2D eigenvalue weighted by Gasteiger charge is -2.55. The number of carbonyl (C=O) groups is 1. The van der Waals surface area contributed by atoms with E-state index >= 15 is 0 Å². The molecular weight excluding hydrogens is 206 g/mol. The van der Waals surface area contributed by atoms with Crippen LogP contribution in [0.15, 0.2) is 0 Å². The topological polar surface area (TPSA) is 69.6 Å². The summed E-state index contributed by atoms with van der Waals surface area (Å²) in [5, 5.41) is 23.1. The standard InChI is InChI=1S/C12H21NO3/c1-10(2)4-3-5-12(16,6-10)11(9(14)15)7-13-8-11/h13,16H,3-8H2,1-2H3,(H,14,15). The van der Waals surface area contributed by atoms with Gasteiger partial charge in [-0.3, -0.25) is 4.79 Å². The van der Waals surface area contributed by atoms with Gasteiger partial charge in [-0.1, -0.05) is 20.3 Å². The maximum Gasteiger partial charge on any atom is 0.315 e. The minimum Gasteiger partial charge on any atom is -0.481 e. The first kappa shape index (κ1) is 11.9. The normalized spacial score (nSPS) is 36.4. The van der Waals surface area contributed by atoms with Crippen molar-refractivity contribution in [2.45, 2.75) is 45.1 Å². The summed E-state index contributed by atoms with van der Waals surface area (Å²) in [5.41, 5.74) is -1.94. The van der Waals surface area contributed by atoms with Crippen LogP contribution in [0.4, 0.5) is 0 Å². The summed E-state index contributed by atoms with van der Waals surface area (Å²) < 4.78 is 0. The maximum atomic E-state index is 11.4. The predicted octanol–water partition coefficient (Wildman–Crippen LogP) is 0.992. The summed E-state index contributed by atoms with van der Waals surface area (Å²) in [7, 11) is 0. The van der Waals surface area contributed by atoms with Crippen molar-refractivity contribution in [1.82, 2.24) is 5.32 Å². The van der Waals surface area contributed by atoms with Gasteiger partial charge in [0.1, 0.15) is 5.41 Å². The van der Waals surface area contributed by atoms with Crippen LogP contribution in [0.2, 0.25) is 0 Å². The number of nitrogens with one attached hydrogen (secondary N) is 1. The maximum absolute atomic E-state index is 11.4. The van der Waals surface area contributed by atoms with Gasteiger partial charge in [-0.2, -0.15) is 0 Å². The monoisotopic (exact) mass is 227 g/mol. The lowest BCUT2D eigenvalue weighted by molar-refractivity contribution is -0.191. The molecule has 16 heavy (non-hydrogen) atoms. The highest BCUT2D eigenvalue weighted by Crippen LogP contribution is 2.50. The van der Waals surface area contributed by atoms with Crippen molar-refractivity contribution in [2.24, 2.45) is 10.8 Å². The third kappa shape index (κ3) is 1.55. The Balaban J connectivity index is 2.26. The molecule has 92 valence electrons. The fraction of sp³-hybridized carbons (Fsp3) is 0.917. The highest BCUT2D eigenvalue weighted by molar-refractivity contribution is 5.78. The molecule has 0 radical (unpaired) electrons. The number of aliphatic hydroxyl groups is 1. The average Bonchev–Trinajstić information content (AvgIpc) is 1.95. The molecule has 2 fully saturated rings. The van der Waals surface area contributed by atoms with Gasteiger partial charge in [0.2, 0.25) is 0 Å². The number of hydrogen-bond acceptors (Lipinski definition) is 3. The molecule has 0 spiro atoms. The largest absolute Gasteiger partial charge is 0.481 e. The van der Waals surface area contributed by atoms with Crippen molar-refractivity contribution < 1.29 is 15.0 Å². The lowest BCUT2D eigenvalue weighted by atomic mass is 9.56. The highest BCUT2D eigenvalue weighted by Gasteiger charge is 2.61. The minimum absolute atomic E-state index is 0.0467. The van der Waals surface area contributed by atoms with Crippen LogP contribution in [0, 0.1) is 10.8 Å². The van der Waals surface area contributed by atoms with E-state index in [0.717, 1.165) is 12.8 Å². The molecule has 1 aliphatic heterocycles. The van der Waals surface area contributed by atoms with E-state index in [1.807, 2.05) is 0 Å². The molecule has 4 nitrogen and oxygen atoms in total. The minimum atomic E-state index is -1.04. The molecule has 1 saturated heterocycles. The summed E-state index contributed by atoms with van der Waals surface area (Å²) in [6, 6.07) is 0. The number of rotatable bonds is 2. The van der Waals surface area contributed by atoms with Gasteiger partial charge in [-0.15, -0.1) is 0 Å². The quantitative estimate of drug-likeness (QED) is 0.658. The molecule has 0 aromatic carbocycles. The van der Waals surface area contributed by atoms with E-state index < -0.39 is 17.0 Å². The molecule has 1 aliphatic carbocycles. The van der Waals surface area contributed by atoms with Crippen LogP contribution in [-0.2, 0) is 4.79 Å². The fourth-order valence-corrected chi connectivity index (χ4v) is 3.29. The van der Waals surface area contributed by atoms with E-state index in [0.29, 0.717) is 25.9 Å². The molecule has 0 aromatic rings. The van der Waals surface area contributed by atoms with Crippen molar-refractivity contribution >= 4 is 5.97 Å². The van der Waals surface area contributed by atoms with E-state index in [1.165, 1.54) is 0 Å². The summed E-state index contributed by atoms with van der Waals surface area (Å²) >= 11 is 0. The first-order valence-electron chi connectivity index (χ1n) is 5.98. The summed E-state index contributed by atoms with van der Waals surface area (Å²) in [6.07, 6.45) is 3.19. The van der Waals surface area contributed by atoms with Gasteiger partial charge in [0.25, 0.3) is 0 Å². The molecule has 1 unspecified atom stereocenters. The van der Waals surface area contributed by atoms with Gasteiger partial charge in [0, 0.05) is 13.1 Å². The molecule has 2 aliphatic rings. The Labute approximate surface area is 96.0 Å². The molecule has 0 bridgehead atoms. The van der Waals surface area contributed by atoms with Gasteiger partial charge in [0.15, 0.2) is 0 Å². The Morgan fingerprint density at radius 1 is 1.25 bits per heavy atom. The van der Waals surface area contributed by atoms with Crippen molar-refractivity contribution in [2.75, 3.05) is 13.1 Å². The van der Waals surface area contributed by atoms with Gasteiger partial charge in [0.05, 0.1) is 5.60 Å². The van der Waals surface area contributed by atoms with E-state index in [2.05, 4.69) is 19.2 Å². The zero-order chi connectivity index (χ0) is 12.0. The van der Waals surface area contributed by atoms with E-state index in [-0.39, 0.29) is 5.41 Å². The molecule has 1 saturated carbocycles. The Bertz CT molecular complexity index is 309.